The van der Waals surface area contributed by atoms with Crippen molar-refractivity contribution in [2.45, 2.75) is 0 Å². The summed E-state index contributed by atoms with van der Waals surface area (Å²) in [5.41, 5.74) is 0.666. The molecule has 0 saturated carbocycles. The van der Waals surface area contributed by atoms with E-state index in [2.05, 4.69) is 5.32 Å². The largest absolute Gasteiger partial charge is 0.497 e. The van der Waals surface area contributed by atoms with Gasteiger partial charge in [0.15, 0.2) is 0 Å². The zero-order valence-corrected chi connectivity index (χ0v) is 14.1. The molecule has 0 atom stereocenters. The molecule has 0 heterocycles. The van der Waals surface area contributed by atoms with Gasteiger partial charge in [0.05, 0.1) is 14.2 Å². The molecular weight excluding hydrogens is 336 g/mol. The summed E-state index contributed by atoms with van der Waals surface area (Å²) < 4.78 is 10.0. The van der Waals surface area contributed by atoms with Crippen LogP contribution in [-0.4, -0.2) is 31.2 Å². The lowest BCUT2D eigenvalue weighted by Crippen LogP contribution is -2.13. The second kappa shape index (κ2) is 8.35. The molecule has 0 spiro atoms. The predicted octanol–water partition coefficient (Wildman–Crippen LogP) is 2.95. The second-order valence-corrected chi connectivity index (χ2v) is 5.12. The number of hydrogen-bond acceptors (Lipinski definition) is 5. The van der Waals surface area contributed by atoms with E-state index in [1.54, 1.807) is 30.3 Å². The number of carboxylic acid groups (broad SMARTS) is 1. The van der Waals surface area contributed by atoms with Gasteiger partial charge in [0, 0.05) is 5.69 Å². The van der Waals surface area contributed by atoms with Crippen LogP contribution in [0.5, 0.6) is 11.5 Å². The van der Waals surface area contributed by atoms with Crippen LogP contribution in [0.2, 0.25) is 0 Å². The molecule has 7 heteroatoms. The number of nitriles is 1. The van der Waals surface area contributed by atoms with Crippen molar-refractivity contribution in [3.63, 3.8) is 0 Å². The quantitative estimate of drug-likeness (QED) is 0.611. The minimum absolute atomic E-state index is 0.0610. The minimum atomic E-state index is -1.17. The number of nitrogens with zero attached hydrogens (tertiary/aromatic N) is 1. The molecule has 2 aromatic rings. The fraction of sp³-hybridized carbons (Fsp3) is 0.105. The number of hydrogen-bond donors (Lipinski definition) is 2. The first-order valence-corrected chi connectivity index (χ1v) is 7.47. The average molecular weight is 352 g/mol. The number of aromatic carboxylic acids is 1. The van der Waals surface area contributed by atoms with Crippen molar-refractivity contribution in [2.24, 2.45) is 0 Å². The van der Waals surface area contributed by atoms with Crippen LogP contribution in [0.25, 0.3) is 6.08 Å². The number of benzene rings is 2. The van der Waals surface area contributed by atoms with E-state index in [4.69, 9.17) is 9.47 Å². The number of rotatable bonds is 6. The fourth-order valence-electron chi connectivity index (χ4n) is 2.17. The summed E-state index contributed by atoms with van der Waals surface area (Å²) in [7, 11) is 2.89. The van der Waals surface area contributed by atoms with E-state index in [0.29, 0.717) is 17.0 Å². The van der Waals surface area contributed by atoms with E-state index >= 15 is 0 Å². The van der Waals surface area contributed by atoms with Crippen LogP contribution >= 0.6 is 0 Å². The van der Waals surface area contributed by atoms with Crippen molar-refractivity contribution < 1.29 is 24.2 Å². The van der Waals surface area contributed by atoms with Gasteiger partial charge in [0.2, 0.25) is 0 Å². The monoisotopic (exact) mass is 352 g/mol. The summed E-state index contributed by atoms with van der Waals surface area (Å²) in [6.07, 6.45) is 1.31. The summed E-state index contributed by atoms with van der Waals surface area (Å²) >= 11 is 0. The molecule has 26 heavy (non-hydrogen) atoms. The van der Waals surface area contributed by atoms with Gasteiger partial charge in [-0.1, -0.05) is 6.07 Å². The van der Waals surface area contributed by atoms with Crippen LogP contribution < -0.4 is 14.8 Å². The van der Waals surface area contributed by atoms with Gasteiger partial charge in [-0.2, -0.15) is 5.26 Å². The Morgan fingerprint density at radius 2 is 1.81 bits per heavy atom. The standard InChI is InChI=1S/C19H16N2O5/c1-25-15-6-4-14(5-7-15)21-18(22)13(11-20)9-12-3-8-17(26-2)16(10-12)19(23)24/h3-10H,1-2H3,(H,21,22)(H,23,24)/b13-9-. The molecule has 0 unspecified atom stereocenters. The summed E-state index contributed by atoms with van der Waals surface area (Å²) in [4.78, 5) is 23.5. The fourth-order valence-corrected chi connectivity index (χ4v) is 2.17. The molecular formula is C19H16N2O5. The Kier molecular flexibility index (Phi) is 5.96. The molecule has 2 N–H and O–H groups in total. The Morgan fingerprint density at radius 1 is 1.12 bits per heavy atom. The highest BCUT2D eigenvalue weighted by molar-refractivity contribution is 6.09. The van der Waals surface area contributed by atoms with Crippen molar-refractivity contribution in [1.82, 2.24) is 0 Å². The number of carbonyl (C=O) groups is 2. The van der Waals surface area contributed by atoms with E-state index in [-0.39, 0.29) is 16.9 Å². The number of ether oxygens (including phenoxy) is 2. The van der Waals surface area contributed by atoms with Crippen molar-refractivity contribution in [1.29, 1.82) is 5.26 Å². The van der Waals surface area contributed by atoms with Crippen LogP contribution in [0.4, 0.5) is 5.69 Å². The van der Waals surface area contributed by atoms with E-state index in [9.17, 15) is 20.0 Å². The van der Waals surface area contributed by atoms with Gasteiger partial charge >= 0.3 is 5.97 Å². The van der Waals surface area contributed by atoms with E-state index in [1.807, 2.05) is 6.07 Å². The lowest BCUT2D eigenvalue weighted by atomic mass is 10.1. The highest BCUT2D eigenvalue weighted by atomic mass is 16.5. The van der Waals surface area contributed by atoms with Gasteiger partial charge < -0.3 is 19.9 Å². The highest BCUT2D eigenvalue weighted by Crippen LogP contribution is 2.22. The van der Waals surface area contributed by atoms with E-state index in [0.717, 1.165) is 0 Å². The molecule has 1 amide bonds. The van der Waals surface area contributed by atoms with Crippen LogP contribution in [0.15, 0.2) is 48.0 Å². The number of amides is 1. The van der Waals surface area contributed by atoms with Gasteiger partial charge in [0.25, 0.3) is 5.91 Å². The Hall–Kier alpha value is -3.79. The van der Waals surface area contributed by atoms with Crippen LogP contribution in [0.1, 0.15) is 15.9 Å². The first-order chi connectivity index (χ1) is 12.5. The van der Waals surface area contributed by atoms with Crippen molar-refractivity contribution in [2.75, 3.05) is 19.5 Å². The molecule has 0 radical (unpaired) electrons. The smallest absolute Gasteiger partial charge is 0.339 e. The summed E-state index contributed by atoms with van der Waals surface area (Å²) in [5.74, 6) is -0.946. The molecule has 0 bridgehead atoms. The number of anilines is 1. The Bertz CT molecular complexity index is 895. The molecule has 0 saturated heterocycles. The zero-order valence-electron chi connectivity index (χ0n) is 14.1. The minimum Gasteiger partial charge on any atom is -0.497 e. The number of carboxylic acids is 1. The summed E-state index contributed by atoms with van der Waals surface area (Å²) in [6.45, 7) is 0. The summed E-state index contributed by atoms with van der Waals surface area (Å²) in [5, 5.41) is 21.1. The highest BCUT2D eigenvalue weighted by Gasteiger charge is 2.13. The zero-order chi connectivity index (χ0) is 19.1. The Balaban J connectivity index is 2.26. The maximum Gasteiger partial charge on any atom is 0.339 e. The predicted molar refractivity (Wildman–Crippen MR) is 95.2 cm³/mol. The van der Waals surface area contributed by atoms with E-state index < -0.39 is 11.9 Å². The lowest BCUT2D eigenvalue weighted by molar-refractivity contribution is -0.112. The van der Waals surface area contributed by atoms with Crippen LogP contribution in [0.3, 0.4) is 0 Å². The third-order valence-electron chi connectivity index (χ3n) is 3.48. The van der Waals surface area contributed by atoms with Crippen LogP contribution in [-0.2, 0) is 4.79 Å². The number of carbonyl (C=O) groups excluding carboxylic acids is 1. The lowest BCUT2D eigenvalue weighted by Gasteiger charge is -2.07. The topological polar surface area (TPSA) is 109 Å². The molecule has 0 aromatic heterocycles. The van der Waals surface area contributed by atoms with Crippen molar-refractivity contribution >= 4 is 23.6 Å². The van der Waals surface area contributed by atoms with E-state index in [1.165, 1.54) is 32.4 Å². The Morgan fingerprint density at radius 3 is 2.35 bits per heavy atom. The van der Waals surface area contributed by atoms with Gasteiger partial charge in [-0.25, -0.2) is 4.79 Å². The molecule has 2 rings (SSSR count). The SMILES string of the molecule is COc1ccc(NC(=O)/C(C#N)=C\c2ccc(OC)c(C(=O)O)c2)cc1. The van der Waals surface area contributed by atoms with Crippen LogP contribution in [0, 0.1) is 11.3 Å². The van der Waals surface area contributed by atoms with Gasteiger partial charge in [0.1, 0.15) is 28.7 Å². The molecule has 0 aliphatic carbocycles. The molecule has 0 aliphatic heterocycles. The molecule has 7 nitrogen and oxygen atoms in total. The average Bonchev–Trinajstić information content (AvgIpc) is 2.66. The maximum absolute atomic E-state index is 12.3. The van der Waals surface area contributed by atoms with Gasteiger partial charge in [-0.3, -0.25) is 4.79 Å². The molecule has 0 aliphatic rings. The maximum atomic E-state index is 12.3. The number of methoxy groups -OCH3 is 2. The van der Waals surface area contributed by atoms with Crippen molar-refractivity contribution in [3.8, 4) is 17.6 Å². The first-order valence-electron chi connectivity index (χ1n) is 7.47. The van der Waals surface area contributed by atoms with Gasteiger partial charge in [-0.05, 0) is 48.0 Å². The summed E-state index contributed by atoms with van der Waals surface area (Å²) in [6, 6.07) is 12.8. The Labute approximate surface area is 150 Å². The normalized spacial score (nSPS) is 10.6. The third-order valence-corrected chi connectivity index (χ3v) is 3.48. The molecule has 2 aromatic carbocycles. The molecule has 132 valence electrons. The van der Waals surface area contributed by atoms with Gasteiger partial charge in [-0.15, -0.1) is 0 Å². The third kappa shape index (κ3) is 4.39. The first kappa shape index (κ1) is 18.5. The molecule has 0 fully saturated rings. The number of nitrogens with one attached hydrogen (secondary N) is 1. The van der Waals surface area contributed by atoms with Crippen molar-refractivity contribution in [3.05, 3.63) is 59.2 Å². The second-order valence-electron chi connectivity index (χ2n) is 5.12.